The SMILES string of the molecule is CC(C)[C@H](NC(=O)Nc1ccccc1F)C(=O)[O-]. The number of nitrogens with one attached hydrogen (secondary N) is 2. The zero-order valence-corrected chi connectivity index (χ0v) is 10.1. The van der Waals surface area contributed by atoms with Crippen LogP contribution in [0.2, 0.25) is 0 Å². The monoisotopic (exact) mass is 253 g/mol. The van der Waals surface area contributed by atoms with Crippen molar-refractivity contribution in [3.05, 3.63) is 30.1 Å². The zero-order valence-electron chi connectivity index (χ0n) is 10.1. The Morgan fingerprint density at radius 3 is 2.39 bits per heavy atom. The van der Waals surface area contributed by atoms with Crippen LogP contribution in [0.15, 0.2) is 24.3 Å². The number of para-hydroxylation sites is 1. The van der Waals surface area contributed by atoms with E-state index in [1.54, 1.807) is 19.9 Å². The highest BCUT2D eigenvalue weighted by atomic mass is 19.1. The van der Waals surface area contributed by atoms with Gasteiger partial charge in [-0.1, -0.05) is 26.0 Å². The minimum absolute atomic E-state index is 0.0177. The van der Waals surface area contributed by atoms with Crippen LogP contribution in [0.5, 0.6) is 0 Å². The van der Waals surface area contributed by atoms with E-state index in [0.717, 1.165) is 0 Å². The predicted octanol–water partition coefficient (Wildman–Crippen LogP) is 0.722. The molecule has 0 bridgehead atoms. The lowest BCUT2D eigenvalue weighted by molar-refractivity contribution is -0.309. The predicted molar refractivity (Wildman–Crippen MR) is 62.2 cm³/mol. The standard InChI is InChI=1S/C12H15FN2O3/c1-7(2)10(11(16)17)15-12(18)14-9-6-4-3-5-8(9)13/h3-7,10H,1-2H3,(H,16,17)(H2,14,15,18)/p-1/t10-/m0/s1. The average Bonchev–Trinajstić information content (AvgIpc) is 2.28. The van der Waals surface area contributed by atoms with E-state index < -0.39 is 23.9 Å². The van der Waals surface area contributed by atoms with Crippen molar-refractivity contribution >= 4 is 17.7 Å². The highest BCUT2D eigenvalue weighted by Gasteiger charge is 2.17. The largest absolute Gasteiger partial charge is 0.548 e. The van der Waals surface area contributed by atoms with Gasteiger partial charge in [-0.3, -0.25) is 0 Å². The molecule has 1 aromatic carbocycles. The summed E-state index contributed by atoms with van der Waals surface area (Å²) < 4.78 is 13.2. The maximum Gasteiger partial charge on any atom is 0.319 e. The highest BCUT2D eigenvalue weighted by Crippen LogP contribution is 2.12. The first-order chi connectivity index (χ1) is 8.41. The summed E-state index contributed by atoms with van der Waals surface area (Å²) in [6, 6.07) is 3.68. The third-order valence-corrected chi connectivity index (χ3v) is 2.33. The Labute approximate surface area is 104 Å². The van der Waals surface area contributed by atoms with Gasteiger partial charge in [0, 0.05) is 0 Å². The maximum atomic E-state index is 13.2. The van der Waals surface area contributed by atoms with Crippen LogP contribution in [0.1, 0.15) is 13.8 Å². The number of amides is 2. The van der Waals surface area contributed by atoms with Crippen molar-refractivity contribution in [2.75, 3.05) is 5.32 Å². The molecule has 0 heterocycles. The topological polar surface area (TPSA) is 81.3 Å². The van der Waals surface area contributed by atoms with E-state index >= 15 is 0 Å². The fourth-order valence-electron chi connectivity index (χ4n) is 1.36. The van der Waals surface area contributed by atoms with E-state index in [-0.39, 0.29) is 11.6 Å². The molecule has 1 aromatic rings. The van der Waals surface area contributed by atoms with Crippen LogP contribution in [0, 0.1) is 11.7 Å². The second-order valence-electron chi connectivity index (χ2n) is 4.12. The number of carbonyl (C=O) groups is 2. The van der Waals surface area contributed by atoms with Gasteiger partial charge in [0.25, 0.3) is 0 Å². The van der Waals surface area contributed by atoms with E-state index in [0.29, 0.717) is 0 Å². The van der Waals surface area contributed by atoms with Gasteiger partial charge in [0.05, 0.1) is 17.7 Å². The van der Waals surface area contributed by atoms with Crippen LogP contribution in [0.4, 0.5) is 14.9 Å². The zero-order chi connectivity index (χ0) is 13.7. The number of anilines is 1. The summed E-state index contributed by atoms with van der Waals surface area (Å²) >= 11 is 0. The number of hydrogen-bond acceptors (Lipinski definition) is 3. The van der Waals surface area contributed by atoms with Crippen LogP contribution in [-0.4, -0.2) is 18.0 Å². The van der Waals surface area contributed by atoms with Crippen molar-refractivity contribution in [2.45, 2.75) is 19.9 Å². The molecule has 0 spiro atoms. The summed E-state index contributed by atoms with van der Waals surface area (Å²) in [5.41, 5.74) is -0.0177. The van der Waals surface area contributed by atoms with Crippen molar-refractivity contribution in [3.63, 3.8) is 0 Å². The summed E-state index contributed by atoms with van der Waals surface area (Å²) in [6.45, 7) is 3.26. The van der Waals surface area contributed by atoms with E-state index in [9.17, 15) is 19.1 Å². The Balaban J connectivity index is 2.67. The lowest BCUT2D eigenvalue weighted by Crippen LogP contribution is -2.52. The van der Waals surface area contributed by atoms with Gasteiger partial charge >= 0.3 is 6.03 Å². The van der Waals surface area contributed by atoms with Gasteiger partial charge in [-0.15, -0.1) is 0 Å². The number of benzene rings is 1. The van der Waals surface area contributed by atoms with Crippen molar-refractivity contribution in [1.82, 2.24) is 5.32 Å². The van der Waals surface area contributed by atoms with Crippen LogP contribution in [0.25, 0.3) is 0 Å². The third-order valence-electron chi connectivity index (χ3n) is 2.33. The molecule has 5 nitrogen and oxygen atoms in total. The first kappa shape index (κ1) is 14.0. The van der Waals surface area contributed by atoms with Crippen molar-refractivity contribution in [1.29, 1.82) is 0 Å². The molecular weight excluding hydrogens is 239 g/mol. The second-order valence-corrected chi connectivity index (χ2v) is 4.12. The van der Waals surface area contributed by atoms with Gasteiger partial charge in [0.15, 0.2) is 0 Å². The van der Waals surface area contributed by atoms with Gasteiger partial charge in [-0.05, 0) is 18.1 Å². The summed E-state index contributed by atoms with van der Waals surface area (Å²) in [5.74, 6) is -2.31. The summed E-state index contributed by atoms with van der Waals surface area (Å²) in [4.78, 5) is 22.3. The minimum atomic E-state index is -1.38. The molecule has 0 aliphatic carbocycles. The van der Waals surface area contributed by atoms with Gasteiger partial charge in [0.2, 0.25) is 0 Å². The minimum Gasteiger partial charge on any atom is -0.548 e. The van der Waals surface area contributed by atoms with Gasteiger partial charge in [0.1, 0.15) is 5.82 Å². The fraction of sp³-hybridized carbons (Fsp3) is 0.333. The molecule has 2 amide bonds. The Morgan fingerprint density at radius 2 is 1.89 bits per heavy atom. The summed E-state index contributed by atoms with van der Waals surface area (Å²) in [5, 5.41) is 15.2. The molecule has 0 radical (unpaired) electrons. The van der Waals surface area contributed by atoms with Gasteiger partial charge < -0.3 is 20.5 Å². The first-order valence-electron chi connectivity index (χ1n) is 5.44. The molecule has 2 N–H and O–H groups in total. The number of carboxylic acids is 1. The molecule has 0 unspecified atom stereocenters. The first-order valence-corrected chi connectivity index (χ1v) is 5.44. The molecular formula is C12H14FN2O3-. The van der Waals surface area contributed by atoms with Crippen LogP contribution < -0.4 is 15.7 Å². The lowest BCUT2D eigenvalue weighted by atomic mass is 10.1. The smallest absolute Gasteiger partial charge is 0.319 e. The average molecular weight is 253 g/mol. The lowest BCUT2D eigenvalue weighted by Gasteiger charge is -2.23. The normalized spacial score (nSPS) is 12.0. The molecule has 0 fully saturated rings. The molecule has 0 saturated carbocycles. The fourth-order valence-corrected chi connectivity index (χ4v) is 1.36. The van der Waals surface area contributed by atoms with E-state index in [4.69, 9.17) is 0 Å². The van der Waals surface area contributed by atoms with Crippen molar-refractivity contribution in [3.8, 4) is 0 Å². The molecule has 6 heteroatoms. The summed E-state index contributed by atoms with van der Waals surface area (Å²) in [6.07, 6.45) is 0. The van der Waals surface area contributed by atoms with Gasteiger partial charge in [-0.25, -0.2) is 9.18 Å². The quantitative estimate of drug-likeness (QED) is 0.829. The molecule has 0 aliphatic heterocycles. The maximum absolute atomic E-state index is 13.2. The Bertz CT molecular complexity index is 449. The highest BCUT2D eigenvalue weighted by molar-refractivity contribution is 5.92. The van der Waals surface area contributed by atoms with Crippen molar-refractivity contribution < 1.29 is 19.1 Å². The number of rotatable bonds is 4. The summed E-state index contributed by atoms with van der Waals surface area (Å²) in [7, 11) is 0. The Kier molecular flexibility index (Phi) is 4.65. The number of carbonyl (C=O) groups excluding carboxylic acids is 2. The van der Waals surface area contributed by atoms with Crippen molar-refractivity contribution in [2.24, 2.45) is 5.92 Å². The van der Waals surface area contributed by atoms with Crippen LogP contribution in [-0.2, 0) is 4.79 Å². The van der Waals surface area contributed by atoms with E-state index in [1.807, 2.05) is 0 Å². The molecule has 1 rings (SSSR count). The molecule has 0 aliphatic rings. The third kappa shape index (κ3) is 3.73. The van der Waals surface area contributed by atoms with Crippen LogP contribution in [0.3, 0.4) is 0 Å². The number of carboxylic acid groups (broad SMARTS) is 1. The molecule has 0 aromatic heterocycles. The van der Waals surface area contributed by atoms with Gasteiger partial charge in [-0.2, -0.15) is 0 Å². The second kappa shape index (κ2) is 6.00. The van der Waals surface area contributed by atoms with E-state index in [2.05, 4.69) is 10.6 Å². The molecule has 18 heavy (non-hydrogen) atoms. The molecule has 1 atom stereocenters. The van der Waals surface area contributed by atoms with E-state index in [1.165, 1.54) is 18.2 Å². The Morgan fingerprint density at radius 1 is 1.28 bits per heavy atom. The van der Waals surface area contributed by atoms with Crippen LogP contribution >= 0.6 is 0 Å². The Hall–Kier alpha value is -2.11. The number of halogens is 1. The number of hydrogen-bond donors (Lipinski definition) is 2. The molecule has 0 saturated heterocycles. The number of urea groups is 1. The number of aliphatic carboxylic acids is 1. The molecule has 98 valence electrons.